The highest BCUT2D eigenvalue weighted by Crippen LogP contribution is 2.28. The fraction of sp³-hybridized carbons (Fsp3) is 0.308. The van der Waals surface area contributed by atoms with Crippen LogP contribution in [0.1, 0.15) is 37.1 Å². The topological polar surface area (TPSA) is 112 Å². The predicted octanol–water partition coefficient (Wildman–Crippen LogP) is 10.9. The number of likely N-dealkylation sites (tertiary alicyclic amines) is 1. The maximum absolute atomic E-state index is 13.0. The van der Waals surface area contributed by atoms with Gasteiger partial charge in [0, 0.05) is 22.5 Å². The molecule has 0 aliphatic carbocycles. The molecule has 340 valence electrons. The van der Waals surface area contributed by atoms with Crippen molar-refractivity contribution in [2.24, 2.45) is 11.8 Å². The number of methoxy groups -OCH3 is 2. The molecule has 4 heterocycles. The first-order valence-electron chi connectivity index (χ1n) is 21.8. The monoisotopic (exact) mass is 948 g/mol. The molecule has 4 aromatic carbocycles. The van der Waals surface area contributed by atoms with Gasteiger partial charge in [-0.3, -0.25) is 24.5 Å². The van der Waals surface area contributed by atoms with Crippen molar-refractivity contribution in [3.05, 3.63) is 156 Å². The van der Waals surface area contributed by atoms with Crippen LogP contribution in [0.2, 0.25) is 0 Å². The summed E-state index contributed by atoms with van der Waals surface area (Å²) in [5, 5.41) is 3.69. The first kappa shape index (κ1) is 48.4. The average molecular weight is 950 g/mol. The van der Waals surface area contributed by atoms with Crippen LogP contribution in [0.5, 0.6) is 23.0 Å². The van der Waals surface area contributed by atoms with Crippen LogP contribution < -0.4 is 14.8 Å². The molecule has 2 aliphatic heterocycles. The summed E-state index contributed by atoms with van der Waals surface area (Å²) in [6.07, 6.45) is 6.53. The second kappa shape index (κ2) is 25.5. The third kappa shape index (κ3) is 16.2. The Morgan fingerprint density at radius 3 is 1.37 bits per heavy atom. The van der Waals surface area contributed by atoms with Gasteiger partial charge in [-0.15, -0.1) is 0 Å². The van der Waals surface area contributed by atoms with Crippen molar-refractivity contribution >= 4 is 27.9 Å². The molecule has 2 aliphatic rings. The Hall–Kier alpha value is -6.02. The molecule has 8 rings (SSSR count). The zero-order chi connectivity index (χ0) is 45.8. The van der Waals surface area contributed by atoms with E-state index in [0.717, 1.165) is 97.4 Å². The van der Waals surface area contributed by atoms with Gasteiger partial charge in [-0.05, 0) is 198 Å². The molecule has 10 nitrogen and oxygen atoms in total. The highest BCUT2D eigenvalue weighted by atomic mass is 79.9. The molecular formula is C52H55BrF2N4O6. The standard InChI is InChI=1S/C26H27FN2O3.C23H23FN2O.C3H5BrO2/c1-31-26(30)18-29-15-13-19(14-16-29)17-22-3-2-4-25(28-22)20-5-9-23(10-6-20)32-24-11-7-21(27)8-12-24;24-19-6-10-22(11-7-19)27-21-8-4-18(5-9-21)23-3-1-2-20(26-23)16-17-12-14-25-15-13-17;1-6-3(5)2-4/h2-12,19H,13-18H2,1H3;1-11,17,25H,12-16H2;2H2,1H3. The summed E-state index contributed by atoms with van der Waals surface area (Å²) in [5.74, 6) is 2.94. The molecule has 2 fully saturated rings. The van der Waals surface area contributed by atoms with E-state index in [1.807, 2.05) is 66.7 Å². The molecule has 13 heteroatoms. The van der Waals surface area contributed by atoms with E-state index in [1.165, 1.54) is 51.3 Å². The summed E-state index contributed by atoms with van der Waals surface area (Å²) in [5.41, 5.74) is 6.24. The van der Waals surface area contributed by atoms with E-state index in [4.69, 9.17) is 24.2 Å². The van der Waals surface area contributed by atoms with E-state index in [0.29, 0.717) is 29.7 Å². The second-order valence-corrected chi connectivity index (χ2v) is 16.4. The quantitative estimate of drug-likeness (QED) is 0.0887. The van der Waals surface area contributed by atoms with Crippen LogP contribution in [0.25, 0.3) is 22.5 Å². The molecule has 2 saturated heterocycles. The largest absolute Gasteiger partial charge is 0.468 e. The summed E-state index contributed by atoms with van der Waals surface area (Å²) < 4.78 is 46.5. The minimum absolute atomic E-state index is 0.174. The van der Waals surface area contributed by atoms with Gasteiger partial charge in [-0.25, -0.2) is 8.78 Å². The number of benzene rings is 4. The van der Waals surface area contributed by atoms with Gasteiger partial charge < -0.3 is 24.3 Å². The van der Waals surface area contributed by atoms with Gasteiger partial charge in [0.05, 0.1) is 32.2 Å². The minimum atomic E-state index is -0.287. The number of alkyl halides is 1. The zero-order valence-corrected chi connectivity index (χ0v) is 38.4. The molecule has 2 aromatic heterocycles. The number of rotatable bonds is 13. The van der Waals surface area contributed by atoms with Gasteiger partial charge in [0.25, 0.3) is 0 Å². The number of ether oxygens (including phenoxy) is 4. The first-order chi connectivity index (χ1) is 31.7. The van der Waals surface area contributed by atoms with Gasteiger partial charge in [-0.2, -0.15) is 0 Å². The molecule has 0 spiro atoms. The Balaban J connectivity index is 0.000000193. The van der Waals surface area contributed by atoms with E-state index in [2.05, 4.69) is 49.1 Å². The predicted molar refractivity (Wildman–Crippen MR) is 252 cm³/mol. The first-order valence-corrected chi connectivity index (χ1v) is 22.9. The van der Waals surface area contributed by atoms with Crippen LogP contribution in [-0.2, 0) is 31.9 Å². The smallest absolute Gasteiger partial charge is 0.319 e. The summed E-state index contributed by atoms with van der Waals surface area (Å²) in [6, 6.07) is 40.0. The van der Waals surface area contributed by atoms with Crippen LogP contribution in [0.15, 0.2) is 133 Å². The lowest BCUT2D eigenvalue weighted by Crippen LogP contribution is -2.38. The molecule has 0 unspecified atom stereocenters. The number of pyridine rings is 2. The van der Waals surface area contributed by atoms with Crippen molar-refractivity contribution in [3.63, 3.8) is 0 Å². The zero-order valence-electron chi connectivity index (χ0n) is 36.8. The maximum atomic E-state index is 13.0. The van der Waals surface area contributed by atoms with E-state index in [9.17, 15) is 18.4 Å². The van der Waals surface area contributed by atoms with Gasteiger partial charge in [0.15, 0.2) is 0 Å². The number of nitrogens with zero attached hydrogens (tertiary/aromatic N) is 3. The van der Waals surface area contributed by atoms with Crippen molar-refractivity contribution in [2.45, 2.75) is 38.5 Å². The number of carbonyl (C=O) groups is 2. The number of nitrogens with one attached hydrogen (secondary N) is 1. The lowest BCUT2D eigenvalue weighted by atomic mass is 9.92. The highest BCUT2D eigenvalue weighted by Gasteiger charge is 2.22. The Morgan fingerprint density at radius 1 is 0.585 bits per heavy atom. The number of halogens is 3. The van der Waals surface area contributed by atoms with Crippen LogP contribution >= 0.6 is 15.9 Å². The van der Waals surface area contributed by atoms with Crippen molar-refractivity contribution in [1.82, 2.24) is 20.2 Å². The van der Waals surface area contributed by atoms with Crippen molar-refractivity contribution < 1.29 is 37.3 Å². The van der Waals surface area contributed by atoms with Gasteiger partial charge in [0.1, 0.15) is 40.0 Å². The van der Waals surface area contributed by atoms with Crippen LogP contribution in [0.3, 0.4) is 0 Å². The number of carbonyl (C=O) groups excluding carboxylic acids is 2. The number of esters is 2. The molecule has 6 aromatic rings. The number of hydrogen-bond donors (Lipinski definition) is 1. The molecule has 0 amide bonds. The molecular weight excluding hydrogens is 894 g/mol. The summed E-state index contributed by atoms with van der Waals surface area (Å²) >= 11 is 2.90. The third-order valence-corrected chi connectivity index (χ3v) is 11.5. The molecule has 1 N–H and O–H groups in total. The Bertz CT molecular complexity index is 2370. The number of hydrogen-bond acceptors (Lipinski definition) is 10. The van der Waals surface area contributed by atoms with E-state index >= 15 is 0 Å². The summed E-state index contributed by atoms with van der Waals surface area (Å²) in [7, 11) is 2.78. The minimum Gasteiger partial charge on any atom is -0.468 e. The maximum Gasteiger partial charge on any atom is 0.319 e. The lowest BCUT2D eigenvalue weighted by molar-refractivity contribution is -0.142. The Labute approximate surface area is 388 Å². The SMILES string of the molecule is COC(=O)CBr.COC(=O)CN1CCC(Cc2cccc(-c3ccc(Oc4ccc(F)cc4)cc3)n2)CC1.Fc1ccc(Oc2ccc(-c3cccc(CC4CCNCC4)n3)cc2)cc1. The number of aromatic nitrogens is 2. The fourth-order valence-electron chi connectivity index (χ4n) is 7.50. The number of piperidine rings is 2. The van der Waals surface area contributed by atoms with Gasteiger partial charge >= 0.3 is 11.9 Å². The van der Waals surface area contributed by atoms with Gasteiger partial charge in [-0.1, -0.05) is 28.1 Å². The molecule has 0 saturated carbocycles. The lowest BCUT2D eigenvalue weighted by Gasteiger charge is -2.30. The second-order valence-electron chi connectivity index (χ2n) is 15.8. The summed E-state index contributed by atoms with van der Waals surface area (Å²) in [6.45, 7) is 4.42. The van der Waals surface area contributed by atoms with Crippen LogP contribution in [-0.4, -0.2) is 79.1 Å². The van der Waals surface area contributed by atoms with Crippen molar-refractivity contribution in [3.8, 4) is 45.5 Å². The Morgan fingerprint density at radius 2 is 0.985 bits per heavy atom. The van der Waals surface area contributed by atoms with E-state index < -0.39 is 0 Å². The van der Waals surface area contributed by atoms with Crippen molar-refractivity contribution in [2.75, 3.05) is 52.3 Å². The molecule has 0 atom stereocenters. The third-order valence-electron chi connectivity index (χ3n) is 11.1. The van der Waals surface area contributed by atoms with Crippen molar-refractivity contribution in [1.29, 1.82) is 0 Å². The van der Waals surface area contributed by atoms with Gasteiger partial charge in [0.2, 0.25) is 0 Å². The van der Waals surface area contributed by atoms with Crippen LogP contribution in [0, 0.1) is 23.5 Å². The van der Waals surface area contributed by atoms with E-state index in [-0.39, 0.29) is 28.9 Å². The van der Waals surface area contributed by atoms with Crippen LogP contribution in [0.4, 0.5) is 8.78 Å². The Kier molecular flexibility index (Phi) is 19.0. The highest BCUT2D eigenvalue weighted by molar-refractivity contribution is 9.09. The molecule has 0 radical (unpaired) electrons. The molecule has 0 bridgehead atoms. The average Bonchev–Trinajstić information content (AvgIpc) is 3.34. The molecule has 65 heavy (non-hydrogen) atoms. The normalized spacial score (nSPS) is 14.2. The fourth-order valence-corrected chi connectivity index (χ4v) is 7.73. The van der Waals surface area contributed by atoms with E-state index in [1.54, 1.807) is 24.3 Å². The summed E-state index contributed by atoms with van der Waals surface area (Å²) in [4.78, 5) is 33.2.